The first-order valence-corrected chi connectivity index (χ1v) is 20.6. The molecule has 2 saturated heterocycles. The van der Waals surface area contributed by atoms with E-state index >= 15 is 0 Å². The van der Waals surface area contributed by atoms with E-state index in [1.165, 1.54) is 19.1 Å². The topological polar surface area (TPSA) is 192 Å². The zero-order valence-corrected chi connectivity index (χ0v) is 35.2. The lowest BCUT2D eigenvalue weighted by Gasteiger charge is -2.30. The van der Waals surface area contributed by atoms with Crippen LogP contribution in [0.2, 0.25) is 0 Å². The minimum absolute atomic E-state index is 0.0847. The van der Waals surface area contributed by atoms with Crippen molar-refractivity contribution < 1.29 is 42.0 Å². The van der Waals surface area contributed by atoms with Crippen molar-refractivity contribution in [2.24, 2.45) is 11.8 Å². The van der Waals surface area contributed by atoms with E-state index in [2.05, 4.69) is 42.3 Å². The van der Waals surface area contributed by atoms with Gasteiger partial charge in [-0.25, -0.2) is 23.9 Å². The second kappa shape index (κ2) is 16.5. The highest BCUT2D eigenvalue weighted by Gasteiger charge is 2.42. The predicted octanol–water partition coefficient (Wildman–Crippen LogP) is 6.43. The first kappa shape index (κ1) is 41.2. The molecule has 8 rings (SSSR count). The standard InChI is InChI=1S/C44H50FN9O7/c1-22(2)37(50-43(57)59-6)41(55)52-14-8-9-33(52)39-46-20-31(48-39)26-10-12-29-34-16-27-15-25(11-13-32(27)54(34)24(5)61-36(29)17-26)30-19-47-40(49-30)35-18-28(45)21-53(35)42(56)38(23(3)4)51-44(58)60-7/h10-13,15-17,19-20,22-23,28,33,35,37-38H,8-9,14,18,21H2,1-7H3,(H3-,46,47,48,49,50,51,57,58)/p+1. The second-order valence-electron chi connectivity index (χ2n) is 16.6. The highest BCUT2D eigenvalue weighted by molar-refractivity contribution is 5.93. The Morgan fingerprint density at radius 1 is 0.836 bits per heavy atom. The number of nitrogens with one attached hydrogen (secondary N) is 4. The summed E-state index contributed by atoms with van der Waals surface area (Å²) in [5.74, 6) is 0.884. The number of aromatic nitrogens is 5. The van der Waals surface area contributed by atoms with Crippen LogP contribution in [0.1, 0.15) is 76.6 Å². The number of H-pyrrole nitrogens is 2. The van der Waals surface area contributed by atoms with Crippen molar-refractivity contribution in [3.8, 4) is 28.2 Å². The average molecular weight is 837 g/mol. The highest BCUT2D eigenvalue weighted by atomic mass is 19.1. The van der Waals surface area contributed by atoms with Crippen LogP contribution in [0.15, 0.2) is 59.3 Å². The van der Waals surface area contributed by atoms with E-state index in [0.29, 0.717) is 35.4 Å². The van der Waals surface area contributed by atoms with Crippen molar-refractivity contribution in [3.63, 3.8) is 0 Å². The molecule has 4 aromatic rings. The number of alkyl halides is 1. The van der Waals surface area contributed by atoms with Gasteiger partial charge in [-0.2, -0.15) is 0 Å². The number of likely N-dealkylation sites (tertiary alicyclic amines) is 2. The van der Waals surface area contributed by atoms with Crippen LogP contribution in [-0.4, -0.2) is 99.3 Å². The van der Waals surface area contributed by atoms with Gasteiger partial charge in [0.15, 0.2) is 0 Å². The van der Waals surface area contributed by atoms with Gasteiger partial charge in [0.1, 0.15) is 35.5 Å². The Balaban J connectivity index is 1.04. The summed E-state index contributed by atoms with van der Waals surface area (Å²) in [6.45, 7) is 9.78. The largest absolute Gasteiger partial charge is 0.453 e. The van der Waals surface area contributed by atoms with Gasteiger partial charge < -0.3 is 44.3 Å². The first-order valence-electron chi connectivity index (χ1n) is 20.6. The molecule has 0 radical (unpaired) electrons. The van der Waals surface area contributed by atoms with E-state index in [4.69, 9.17) is 18.9 Å². The van der Waals surface area contributed by atoms with Crippen LogP contribution in [0.5, 0.6) is 0 Å². The summed E-state index contributed by atoms with van der Waals surface area (Å²) in [5, 5.41) is 7.17. The predicted molar refractivity (Wildman–Crippen MR) is 222 cm³/mol. The zero-order valence-electron chi connectivity index (χ0n) is 35.2. The number of nitrogens with zero attached hydrogens (tertiary/aromatic N) is 5. The normalized spacial score (nSPS) is 19.0. The number of hydrogen-bond acceptors (Lipinski definition) is 9. The summed E-state index contributed by atoms with van der Waals surface area (Å²) in [4.78, 5) is 70.7. The number of fused-ring (bicyclic) bond motifs is 5. The van der Waals surface area contributed by atoms with Gasteiger partial charge in [-0.3, -0.25) is 9.59 Å². The third-order valence-corrected chi connectivity index (χ3v) is 11.9. The highest BCUT2D eigenvalue weighted by Crippen LogP contribution is 2.37. The van der Waals surface area contributed by atoms with E-state index in [0.717, 1.165) is 51.6 Å². The number of halogens is 1. The number of ether oxygens (including phenoxy) is 2. The fraction of sp³-hybridized carbons (Fsp3) is 0.432. The molecule has 2 aromatic heterocycles. The maximum absolute atomic E-state index is 14.9. The summed E-state index contributed by atoms with van der Waals surface area (Å²) in [6.07, 6.45) is 2.50. The van der Waals surface area contributed by atoms with Gasteiger partial charge in [0.05, 0.1) is 74.3 Å². The summed E-state index contributed by atoms with van der Waals surface area (Å²) >= 11 is 0. The van der Waals surface area contributed by atoms with Gasteiger partial charge in [-0.15, -0.1) is 4.57 Å². The van der Waals surface area contributed by atoms with E-state index in [1.54, 1.807) is 17.3 Å². The fourth-order valence-corrected chi connectivity index (χ4v) is 8.77. The molecule has 0 aliphatic carbocycles. The molecule has 17 heteroatoms. The number of aryl methyl sites for hydroxylation is 1. The molecule has 0 saturated carbocycles. The molecule has 320 valence electrons. The molecule has 2 fully saturated rings. The minimum atomic E-state index is -1.24. The van der Waals surface area contributed by atoms with Crippen molar-refractivity contribution in [3.05, 3.63) is 72.4 Å². The number of amides is 4. The first-order chi connectivity index (χ1) is 29.3. The Labute approximate surface area is 351 Å². The lowest BCUT2D eigenvalue weighted by molar-refractivity contribution is -0.583. The van der Waals surface area contributed by atoms with Crippen LogP contribution < -0.4 is 15.2 Å². The number of rotatable bonds is 10. The number of methoxy groups -OCH3 is 2. The summed E-state index contributed by atoms with van der Waals surface area (Å²) < 4.78 is 32.9. The molecule has 4 aliphatic heterocycles. The van der Waals surface area contributed by atoms with E-state index in [9.17, 15) is 23.6 Å². The maximum atomic E-state index is 14.9. The van der Waals surface area contributed by atoms with E-state index in [1.807, 2.05) is 65.0 Å². The van der Waals surface area contributed by atoms with Crippen molar-refractivity contribution in [1.29, 1.82) is 0 Å². The lowest BCUT2D eigenvalue weighted by Crippen LogP contribution is -2.51. The number of alkyl carbamates (subject to hydrolysis) is 2. The van der Waals surface area contributed by atoms with Crippen molar-refractivity contribution in [2.75, 3.05) is 27.3 Å². The number of carbonyl (C=O) groups is 4. The van der Waals surface area contributed by atoms with Gasteiger partial charge in [0.2, 0.25) is 23.0 Å². The quantitative estimate of drug-likeness (QED) is 0.113. The van der Waals surface area contributed by atoms with Gasteiger partial charge in [-0.1, -0.05) is 33.8 Å². The third-order valence-electron chi connectivity index (χ3n) is 11.9. The monoisotopic (exact) mass is 836 g/mol. The summed E-state index contributed by atoms with van der Waals surface area (Å²) in [7, 11) is 2.51. The zero-order chi connectivity index (χ0) is 43.3. The molecule has 0 spiro atoms. The number of aromatic amines is 2. The molecule has 2 aromatic carbocycles. The van der Waals surface area contributed by atoms with Crippen LogP contribution in [0.25, 0.3) is 50.1 Å². The van der Waals surface area contributed by atoms with Crippen molar-refractivity contribution in [2.45, 2.75) is 84.2 Å². The average Bonchev–Trinajstić information content (AvgIpc) is 4.10. The Bertz CT molecular complexity index is 2600. The van der Waals surface area contributed by atoms with Gasteiger partial charge in [0, 0.05) is 36.2 Å². The Morgan fingerprint density at radius 3 is 2.05 bits per heavy atom. The van der Waals surface area contributed by atoms with Crippen molar-refractivity contribution >= 4 is 45.9 Å². The van der Waals surface area contributed by atoms with E-state index in [-0.39, 0.29) is 36.8 Å². The molecule has 61 heavy (non-hydrogen) atoms. The van der Waals surface area contributed by atoms with Crippen LogP contribution in [-0.2, 0) is 19.1 Å². The molecule has 5 atom stereocenters. The molecular weight excluding hydrogens is 786 g/mol. The molecule has 0 bridgehead atoms. The molecule has 4 amide bonds. The number of hydrogen-bond donors (Lipinski definition) is 4. The van der Waals surface area contributed by atoms with E-state index < -0.39 is 42.4 Å². The maximum Gasteiger partial charge on any atom is 0.407 e. The SMILES string of the molecule is COC(=O)NC(C(=O)N1CCCC1c1ncc(-c2ccc3c4cc5cc(-c6cnc(C7CC(F)CN7C(=O)C(NC(=O)OC)C(C)C)[nH]6)ccc5[n+]-4c(C)oc3c2)[nH]1)C(C)C. The fourth-order valence-electron chi connectivity index (χ4n) is 8.77. The van der Waals surface area contributed by atoms with Crippen LogP contribution in [0.4, 0.5) is 14.0 Å². The van der Waals surface area contributed by atoms with Gasteiger partial charge >= 0.3 is 18.1 Å². The molecular formula is C44H51FN9O7+. The minimum Gasteiger partial charge on any atom is -0.453 e. The second-order valence-corrected chi connectivity index (χ2v) is 16.6. The molecule has 5 unspecified atom stereocenters. The summed E-state index contributed by atoms with van der Waals surface area (Å²) in [6, 6.07) is 11.7. The van der Waals surface area contributed by atoms with Crippen LogP contribution in [0, 0.1) is 18.8 Å². The number of benzene rings is 2. The molecule has 4 N–H and O–H groups in total. The Morgan fingerprint density at radius 2 is 1.43 bits per heavy atom. The molecule has 16 nitrogen and oxygen atoms in total. The van der Waals surface area contributed by atoms with Crippen LogP contribution >= 0.6 is 0 Å². The summed E-state index contributed by atoms with van der Waals surface area (Å²) in [5.41, 5.74) is 5.83. The lowest BCUT2D eigenvalue weighted by atomic mass is 10.0. The smallest absolute Gasteiger partial charge is 0.407 e. The van der Waals surface area contributed by atoms with Gasteiger partial charge in [0.25, 0.3) is 0 Å². The number of imidazole rings is 2. The van der Waals surface area contributed by atoms with Gasteiger partial charge in [-0.05, 0) is 48.9 Å². The van der Waals surface area contributed by atoms with Crippen LogP contribution in [0.3, 0.4) is 0 Å². The molecule has 6 heterocycles. The molecule has 4 aliphatic rings. The Kier molecular flexibility index (Phi) is 11.2. The van der Waals surface area contributed by atoms with Crippen molar-refractivity contribution in [1.82, 2.24) is 40.4 Å². The third kappa shape index (κ3) is 7.72. The Hall–Kier alpha value is -6.52. The number of carbonyl (C=O) groups excluding carboxylic acids is 4.